The zero-order chi connectivity index (χ0) is 15.8. The molecule has 1 amide bonds. The Labute approximate surface area is 138 Å². The number of halogens is 2. The van der Waals surface area contributed by atoms with Crippen LogP contribution in [-0.4, -0.2) is 32.3 Å². The van der Waals surface area contributed by atoms with Crippen LogP contribution in [0, 0.1) is 5.41 Å². The van der Waals surface area contributed by atoms with Crippen molar-refractivity contribution in [3.63, 3.8) is 0 Å². The Morgan fingerprint density at radius 2 is 1.86 bits per heavy atom. The van der Waals surface area contributed by atoms with Crippen molar-refractivity contribution >= 4 is 41.6 Å². The standard InChI is InChI=1S/C14H17BrClNO3S/c1-14(2)5-7-17(8-6-14)13(18)10-3-4-11(15)12(9-10)21(16,19)20/h3-4,9H,5-8H2,1-2H3. The lowest BCUT2D eigenvalue weighted by Gasteiger charge is -2.37. The predicted molar refractivity (Wildman–Crippen MR) is 86.1 cm³/mol. The molecule has 0 N–H and O–H groups in total. The molecule has 0 bridgehead atoms. The Morgan fingerprint density at radius 3 is 2.38 bits per heavy atom. The normalized spacial score (nSPS) is 18.6. The summed E-state index contributed by atoms with van der Waals surface area (Å²) in [4.78, 5) is 14.2. The maximum Gasteiger partial charge on any atom is 0.262 e. The highest BCUT2D eigenvalue weighted by Crippen LogP contribution is 2.31. The van der Waals surface area contributed by atoms with Gasteiger partial charge in [0.15, 0.2) is 0 Å². The van der Waals surface area contributed by atoms with Crippen LogP contribution < -0.4 is 0 Å². The summed E-state index contributed by atoms with van der Waals surface area (Å²) in [5.41, 5.74) is 0.596. The first-order valence-electron chi connectivity index (χ1n) is 6.64. The van der Waals surface area contributed by atoms with E-state index in [-0.39, 0.29) is 16.2 Å². The summed E-state index contributed by atoms with van der Waals surface area (Å²) >= 11 is 3.14. The molecule has 0 atom stereocenters. The number of rotatable bonds is 2. The molecule has 0 radical (unpaired) electrons. The van der Waals surface area contributed by atoms with Crippen LogP contribution in [0.25, 0.3) is 0 Å². The van der Waals surface area contributed by atoms with Gasteiger partial charge in [0.1, 0.15) is 0 Å². The van der Waals surface area contributed by atoms with Crippen LogP contribution >= 0.6 is 26.6 Å². The predicted octanol–water partition coefficient (Wildman–Crippen LogP) is 3.64. The molecule has 2 rings (SSSR count). The molecule has 0 unspecified atom stereocenters. The molecule has 21 heavy (non-hydrogen) atoms. The summed E-state index contributed by atoms with van der Waals surface area (Å²) in [7, 11) is 1.50. The topological polar surface area (TPSA) is 54.5 Å². The lowest BCUT2D eigenvalue weighted by molar-refractivity contribution is 0.0630. The fourth-order valence-electron chi connectivity index (χ4n) is 2.32. The van der Waals surface area contributed by atoms with Crippen LogP contribution in [0.5, 0.6) is 0 Å². The second-order valence-corrected chi connectivity index (χ2v) is 9.43. The van der Waals surface area contributed by atoms with Gasteiger partial charge in [0, 0.05) is 33.8 Å². The van der Waals surface area contributed by atoms with Gasteiger partial charge in [0.2, 0.25) is 0 Å². The molecule has 1 saturated heterocycles. The lowest BCUT2D eigenvalue weighted by atomic mass is 9.82. The number of nitrogens with zero attached hydrogens (tertiary/aromatic N) is 1. The lowest BCUT2D eigenvalue weighted by Crippen LogP contribution is -2.41. The van der Waals surface area contributed by atoms with Crippen molar-refractivity contribution in [2.24, 2.45) is 5.41 Å². The number of likely N-dealkylation sites (tertiary alicyclic amines) is 1. The quantitative estimate of drug-likeness (QED) is 0.720. The number of hydrogen-bond acceptors (Lipinski definition) is 3. The Hall–Kier alpha value is -0.590. The van der Waals surface area contributed by atoms with Crippen LogP contribution in [0.2, 0.25) is 0 Å². The van der Waals surface area contributed by atoms with Gasteiger partial charge in [-0.05, 0) is 52.4 Å². The van der Waals surface area contributed by atoms with Gasteiger partial charge in [-0.2, -0.15) is 0 Å². The van der Waals surface area contributed by atoms with Crippen molar-refractivity contribution in [3.8, 4) is 0 Å². The van der Waals surface area contributed by atoms with Gasteiger partial charge >= 0.3 is 0 Å². The Kier molecular flexibility index (Phi) is 4.71. The maximum absolute atomic E-state index is 12.5. The molecule has 1 aromatic carbocycles. The molecule has 1 heterocycles. The molecule has 0 aromatic heterocycles. The van der Waals surface area contributed by atoms with E-state index in [2.05, 4.69) is 29.8 Å². The number of amides is 1. The SMILES string of the molecule is CC1(C)CCN(C(=O)c2ccc(Br)c(S(=O)(=O)Cl)c2)CC1. The van der Waals surface area contributed by atoms with E-state index in [0.29, 0.717) is 23.1 Å². The zero-order valence-corrected chi connectivity index (χ0v) is 15.1. The van der Waals surface area contributed by atoms with Gasteiger partial charge in [-0.25, -0.2) is 8.42 Å². The summed E-state index contributed by atoms with van der Waals surface area (Å²) in [6.45, 7) is 5.74. The number of carbonyl (C=O) groups excluding carboxylic acids is 1. The highest BCUT2D eigenvalue weighted by atomic mass is 79.9. The third-order valence-electron chi connectivity index (χ3n) is 3.85. The van der Waals surface area contributed by atoms with E-state index in [0.717, 1.165) is 12.8 Å². The third-order valence-corrected chi connectivity index (χ3v) is 6.16. The van der Waals surface area contributed by atoms with Gasteiger partial charge in [-0.15, -0.1) is 0 Å². The molecule has 1 aromatic rings. The molecule has 1 aliphatic rings. The first kappa shape index (κ1) is 16.8. The smallest absolute Gasteiger partial charge is 0.262 e. The molecule has 0 spiro atoms. The van der Waals surface area contributed by atoms with E-state index in [9.17, 15) is 13.2 Å². The van der Waals surface area contributed by atoms with Gasteiger partial charge in [0.25, 0.3) is 15.0 Å². The summed E-state index contributed by atoms with van der Waals surface area (Å²) in [6, 6.07) is 4.47. The monoisotopic (exact) mass is 393 g/mol. The molecule has 0 aliphatic carbocycles. The number of benzene rings is 1. The van der Waals surface area contributed by atoms with E-state index in [1.54, 1.807) is 11.0 Å². The molecular formula is C14H17BrClNO3S. The van der Waals surface area contributed by atoms with Crippen LogP contribution in [-0.2, 0) is 9.05 Å². The van der Waals surface area contributed by atoms with Crippen LogP contribution in [0.15, 0.2) is 27.6 Å². The van der Waals surface area contributed by atoms with Crippen LogP contribution in [0.4, 0.5) is 0 Å². The Morgan fingerprint density at radius 1 is 1.29 bits per heavy atom. The summed E-state index contributed by atoms with van der Waals surface area (Å²) in [6.07, 6.45) is 1.88. The van der Waals surface area contributed by atoms with Crippen molar-refractivity contribution in [2.75, 3.05) is 13.1 Å². The van der Waals surface area contributed by atoms with Crippen molar-refractivity contribution in [2.45, 2.75) is 31.6 Å². The van der Waals surface area contributed by atoms with Crippen LogP contribution in [0.3, 0.4) is 0 Å². The van der Waals surface area contributed by atoms with E-state index >= 15 is 0 Å². The third kappa shape index (κ3) is 3.99. The second-order valence-electron chi connectivity index (χ2n) is 6.04. The molecular weight excluding hydrogens is 378 g/mol. The summed E-state index contributed by atoms with van der Waals surface area (Å²) < 4.78 is 23.4. The van der Waals surface area contributed by atoms with E-state index in [1.165, 1.54) is 12.1 Å². The van der Waals surface area contributed by atoms with Gasteiger partial charge in [-0.3, -0.25) is 4.79 Å². The molecule has 0 saturated carbocycles. The first-order chi connectivity index (χ1) is 9.60. The fraction of sp³-hybridized carbons (Fsp3) is 0.500. The zero-order valence-electron chi connectivity index (χ0n) is 11.9. The minimum Gasteiger partial charge on any atom is -0.339 e. The van der Waals surface area contributed by atoms with Crippen molar-refractivity contribution in [1.29, 1.82) is 0 Å². The first-order valence-corrected chi connectivity index (χ1v) is 9.74. The highest BCUT2D eigenvalue weighted by Gasteiger charge is 2.29. The number of carbonyl (C=O) groups is 1. The maximum atomic E-state index is 12.5. The van der Waals surface area contributed by atoms with Crippen molar-refractivity contribution < 1.29 is 13.2 Å². The van der Waals surface area contributed by atoms with Gasteiger partial charge in [0.05, 0.1) is 4.90 Å². The van der Waals surface area contributed by atoms with Gasteiger partial charge in [-0.1, -0.05) is 13.8 Å². The molecule has 1 aliphatic heterocycles. The van der Waals surface area contributed by atoms with E-state index in [1.807, 2.05) is 0 Å². The summed E-state index contributed by atoms with van der Waals surface area (Å²) in [5, 5.41) is 0. The molecule has 116 valence electrons. The van der Waals surface area contributed by atoms with Gasteiger partial charge < -0.3 is 4.90 Å². The minimum atomic E-state index is -3.88. The second kappa shape index (κ2) is 5.89. The molecule has 4 nitrogen and oxygen atoms in total. The van der Waals surface area contributed by atoms with Crippen molar-refractivity contribution in [3.05, 3.63) is 28.2 Å². The molecule has 7 heteroatoms. The fourth-order valence-corrected chi connectivity index (χ4v) is 4.44. The highest BCUT2D eigenvalue weighted by molar-refractivity contribution is 9.10. The molecule has 1 fully saturated rings. The number of hydrogen-bond donors (Lipinski definition) is 0. The van der Waals surface area contributed by atoms with Crippen LogP contribution in [0.1, 0.15) is 37.0 Å². The average Bonchev–Trinajstić information content (AvgIpc) is 2.37. The average molecular weight is 395 g/mol. The Balaban J connectivity index is 2.25. The van der Waals surface area contributed by atoms with Crippen molar-refractivity contribution in [1.82, 2.24) is 4.90 Å². The largest absolute Gasteiger partial charge is 0.339 e. The minimum absolute atomic E-state index is 0.0765. The number of piperidine rings is 1. The van der Waals surface area contributed by atoms with E-state index < -0.39 is 9.05 Å². The Bertz CT molecular complexity index is 663. The summed E-state index contributed by atoms with van der Waals surface area (Å²) in [5.74, 6) is -0.153. The van der Waals surface area contributed by atoms with E-state index in [4.69, 9.17) is 10.7 Å².